The van der Waals surface area contributed by atoms with E-state index in [0.717, 1.165) is 0 Å². The number of amides is 1. The highest BCUT2D eigenvalue weighted by atomic mass is 16.3. The first kappa shape index (κ1) is 9.21. The number of aliphatic hydroxyl groups excluding tert-OH is 1. The van der Waals surface area contributed by atoms with E-state index in [2.05, 4.69) is 10.4 Å². The average molecular weight is 195 g/mol. The van der Waals surface area contributed by atoms with Gasteiger partial charge < -0.3 is 10.4 Å². The fourth-order valence-corrected chi connectivity index (χ4v) is 1.52. The molecule has 0 saturated heterocycles. The van der Waals surface area contributed by atoms with E-state index in [1.165, 1.54) is 0 Å². The summed E-state index contributed by atoms with van der Waals surface area (Å²) in [7, 11) is 0. The summed E-state index contributed by atoms with van der Waals surface area (Å²) in [4.78, 5) is 11.4. The van der Waals surface area contributed by atoms with E-state index in [0.29, 0.717) is 12.8 Å². The monoisotopic (exact) mass is 195 g/mol. The summed E-state index contributed by atoms with van der Waals surface area (Å²) in [5, 5.41) is 15.8. The molecule has 5 heteroatoms. The standard InChI is InChI=1S/C9H13N3O2/c13-8-4-7(5-8)11-9(14)6-12-3-1-2-10-12/h1-3,7-8,13H,4-6H2,(H,11,14). The van der Waals surface area contributed by atoms with E-state index in [-0.39, 0.29) is 24.6 Å². The minimum atomic E-state index is -0.231. The maximum absolute atomic E-state index is 11.4. The van der Waals surface area contributed by atoms with Crippen LogP contribution in [0, 0.1) is 0 Å². The van der Waals surface area contributed by atoms with Crippen LogP contribution in [0.2, 0.25) is 0 Å². The fourth-order valence-electron chi connectivity index (χ4n) is 1.52. The van der Waals surface area contributed by atoms with Crippen LogP contribution in [0.3, 0.4) is 0 Å². The summed E-state index contributed by atoms with van der Waals surface area (Å²) in [6.45, 7) is 0.250. The molecule has 0 bridgehead atoms. The van der Waals surface area contributed by atoms with Gasteiger partial charge in [-0.15, -0.1) is 0 Å². The molecule has 0 aromatic carbocycles. The zero-order valence-corrected chi connectivity index (χ0v) is 7.76. The van der Waals surface area contributed by atoms with E-state index < -0.39 is 0 Å². The molecule has 0 unspecified atom stereocenters. The molecular weight excluding hydrogens is 182 g/mol. The third-order valence-corrected chi connectivity index (χ3v) is 2.34. The third-order valence-electron chi connectivity index (χ3n) is 2.34. The Hall–Kier alpha value is -1.36. The van der Waals surface area contributed by atoms with Crippen molar-refractivity contribution in [3.63, 3.8) is 0 Å². The molecular formula is C9H13N3O2. The topological polar surface area (TPSA) is 67.2 Å². The second-order valence-electron chi connectivity index (χ2n) is 3.59. The van der Waals surface area contributed by atoms with Gasteiger partial charge in [0.15, 0.2) is 0 Å². The fraction of sp³-hybridized carbons (Fsp3) is 0.556. The molecule has 1 aromatic heterocycles. The molecule has 1 aliphatic carbocycles. The Labute approximate surface area is 81.7 Å². The van der Waals surface area contributed by atoms with Crippen LogP contribution in [0.4, 0.5) is 0 Å². The van der Waals surface area contributed by atoms with Crippen molar-refractivity contribution in [3.05, 3.63) is 18.5 Å². The largest absolute Gasteiger partial charge is 0.393 e. The maximum Gasteiger partial charge on any atom is 0.241 e. The van der Waals surface area contributed by atoms with E-state index >= 15 is 0 Å². The number of nitrogens with zero attached hydrogens (tertiary/aromatic N) is 2. The van der Waals surface area contributed by atoms with Crippen molar-refractivity contribution in [1.29, 1.82) is 0 Å². The second kappa shape index (κ2) is 3.79. The SMILES string of the molecule is O=C(Cn1cccn1)NC1CC(O)C1. The smallest absolute Gasteiger partial charge is 0.241 e. The van der Waals surface area contributed by atoms with Crippen molar-refractivity contribution < 1.29 is 9.90 Å². The summed E-state index contributed by atoms with van der Waals surface area (Å²) < 4.78 is 1.57. The number of aliphatic hydroxyl groups is 1. The highest BCUT2D eigenvalue weighted by Gasteiger charge is 2.28. The van der Waals surface area contributed by atoms with Gasteiger partial charge in [-0.25, -0.2) is 0 Å². The van der Waals surface area contributed by atoms with Crippen LogP contribution in [0.15, 0.2) is 18.5 Å². The Kier molecular flexibility index (Phi) is 2.49. The van der Waals surface area contributed by atoms with Crippen LogP contribution < -0.4 is 5.32 Å². The molecule has 1 aliphatic rings. The first-order valence-corrected chi connectivity index (χ1v) is 4.69. The lowest BCUT2D eigenvalue weighted by molar-refractivity contribution is -0.123. The minimum Gasteiger partial charge on any atom is -0.393 e. The molecule has 2 rings (SSSR count). The molecule has 1 amide bonds. The molecule has 76 valence electrons. The van der Waals surface area contributed by atoms with Gasteiger partial charge in [-0.05, 0) is 18.9 Å². The first-order chi connectivity index (χ1) is 6.74. The summed E-state index contributed by atoms with van der Waals surface area (Å²) in [5.41, 5.74) is 0. The Bertz CT molecular complexity index is 304. The predicted octanol–water partition coefficient (Wildman–Crippen LogP) is -0.477. The summed E-state index contributed by atoms with van der Waals surface area (Å²) >= 11 is 0. The van der Waals surface area contributed by atoms with Crippen LogP contribution in [0.5, 0.6) is 0 Å². The Balaban J connectivity index is 1.74. The quantitative estimate of drug-likeness (QED) is 0.684. The van der Waals surface area contributed by atoms with Crippen LogP contribution in [-0.4, -0.2) is 32.9 Å². The highest BCUT2D eigenvalue weighted by molar-refractivity contribution is 5.76. The number of nitrogens with one attached hydrogen (secondary N) is 1. The van der Waals surface area contributed by atoms with Crippen LogP contribution in [0.1, 0.15) is 12.8 Å². The van der Waals surface area contributed by atoms with Gasteiger partial charge in [0.25, 0.3) is 0 Å². The molecule has 1 heterocycles. The zero-order chi connectivity index (χ0) is 9.97. The molecule has 1 aromatic rings. The van der Waals surface area contributed by atoms with Gasteiger partial charge >= 0.3 is 0 Å². The van der Waals surface area contributed by atoms with Gasteiger partial charge in [-0.3, -0.25) is 9.48 Å². The maximum atomic E-state index is 11.4. The lowest BCUT2D eigenvalue weighted by Crippen LogP contribution is -2.47. The predicted molar refractivity (Wildman–Crippen MR) is 49.4 cm³/mol. The minimum absolute atomic E-state index is 0.0504. The van der Waals surface area contributed by atoms with Crippen molar-refractivity contribution in [2.75, 3.05) is 0 Å². The number of hydrogen-bond donors (Lipinski definition) is 2. The van der Waals surface area contributed by atoms with Crippen molar-refractivity contribution >= 4 is 5.91 Å². The number of carbonyl (C=O) groups is 1. The van der Waals surface area contributed by atoms with Crippen LogP contribution >= 0.6 is 0 Å². The van der Waals surface area contributed by atoms with Crippen molar-refractivity contribution in [1.82, 2.24) is 15.1 Å². The zero-order valence-electron chi connectivity index (χ0n) is 7.76. The van der Waals surface area contributed by atoms with Crippen molar-refractivity contribution in [3.8, 4) is 0 Å². The second-order valence-corrected chi connectivity index (χ2v) is 3.59. The van der Waals surface area contributed by atoms with Crippen molar-refractivity contribution in [2.45, 2.75) is 31.5 Å². The summed E-state index contributed by atoms with van der Waals surface area (Å²) in [5.74, 6) is -0.0504. The molecule has 14 heavy (non-hydrogen) atoms. The lowest BCUT2D eigenvalue weighted by atomic mass is 9.89. The Morgan fingerprint density at radius 2 is 2.43 bits per heavy atom. The first-order valence-electron chi connectivity index (χ1n) is 4.69. The highest BCUT2D eigenvalue weighted by Crippen LogP contribution is 2.18. The van der Waals surface area contributed by atoms with Gasteiger partial charge in [-0.1, -0.05) is 0 Å². The van der Waals surface area contributed by atoms with Crippen molar-refractivity contribution in [2.24, 2.45) is 0 Å². The lowest BCUT2D eigenvalue weighted by Gasteiger charge is -2.31. The van der Waals surface area contributed by atoms with Crippen LogP contribution in [-0.2, 0) is 11.3 Å². The number of rotatable bonds is 3. The van der Waals surface area contributed by atoms with Gasteiger partial charge in [0.2, 0.25) is 5.91 Å². The molecule has 1 fully saturated rings. The Morgan fingerprint density at radius 1 is 1.64 bits per heavy atom. The van der Waals surface area contributed by atoms with Gasteiger partial charge in [0.05, 0.1) is 6.10 Å². The van der Waals surface area contributed by atoms with E-state index in [9.17, 15) is 4.79 Å². The van der Waals surface area contributed by atoms with E-state index in [4.69, 9.17) is 5.11 Å². The molecule has 1 saturated carbocycles. The Morgan fingerprint density at radius 3 is 3.00 bits per heavy atom. The molecule has 0 atom stereocenters. The number of aromatic nitrogens is 2. The molecule has 5 nitrogen and oxygen atoms in total. The normalized spacial score (nSPS) is 25.5. The number of hydrogen-bond acceptors (Lipinski definition) is 3. The molecule has 0 aliphatic heterocycles. The van der Waals surface area contributed by atoms with Gasteiger partial charge in [0.1, 0.15) is 6.54 Å². The average Bonchev–Trinajstić information content (AvgIpc) is 2.54. The van der Waals surface area contributed by atoms with Gasteiger partial charge in [0, 0.05) is 18.4 Å². The molecule has 2 N–H and O–H groups in total. The summed E-state index contributed by atoms with van der Waals surface area (Å²) in [6, 6.07) is 1.92. The third kappa shape index (κ3) is 2.11. The van der Waals surface area contributed by atoms with Gasteiger partial charge in [-0.2, -0.15) is 5.10 Å². The van der Waals surface area contributed by atoms with Crippen LogP contribution in [0.25, 0.3) is 0 Å². The summed E-state index contributed by atoms with van der Waals surface area (Å²) in [6.07, 6.45) is 4.50. The van der Waals surface area contributed by atoms with E-state index in [1.54, 1.807) is 23.1 Å². The van der Waals surface area contributed by atoms with E-state index in [1.807, 2.05) is 0 Å². The molecule has 0 spiro atoms. The number of carbonyl (C=O) groups excluding carboxylic acids is 1. The molecule has 0 radical (unpaired) electrons.